The van der Waals surface area contributed by atoms with Crippen molar-refractivity contribution in [1.82, 2.24) is 9.88 Å². The molecule has 0 aliphatic carbocycles. The van der Waals surface area contributed by atoms with E-state index in [4.69, 9.17) is 9.47 Å². The van der Waals surface area contributed by atoms with Crippen LogP contribution in [0.2, 0.25) is 0 Å². The normalized spacial score (nSPS) is 13.4. The first kappa shape index (κ1) is 16.4. The molecule has 0 saturated heterocycles. The molecule has 0 N–H and O–H groups in total. The second-order valence-corrected chi connectivity index (χ2v) is 6.27. The third-order valence-electron chi connectivity index (χ3n) is 4.45. The molecule has 2 heterocycles. The van der Waals surface area contributed by atoms with Gasteiger partial charge >= 0.3 is 6.09 Å². The van der Waals surface area contributed by atoms with Crippen LogP contribution in [0.15, 0.2) is 54.6 Å². The van der Waals surface area contributed by atoms with E-state index in [9.17, 15) is 4.79 Å². The van der Waals surface area contributed by atoms with Crippen LogP contribution in [0.5, 0.6) is 11.6 Å². The quantitative estimate of drug-likeness (QED) is 0.694. The largest absolute Gasteiger partial charge is 0.494 e. The zero-order chi connectivity index (χ0) is 17.9. The van der Waals surface area contributed by atoms with Gasteiger partial charge in [0, 0.05) is 17.5 Å². The van der Waals surface area contributed by atoms with Crippen LogP contribution in [0.4, 0.5) is 4.79 Å². The third kappa shape index (κ3) is 3.33. The van der Waals surface area contributed by atoms with Crippen LogP contribution >= 0.6 is 0 Å². The molecule has 3 aromatic rings. The number of pyridine rings is 1. The molecule has 4 rings (SSSR count). The number of aromatic nitrogens is 1. The minimum Gasteiger partial charge on any atom is -0.494 e. The Hall–Kier alpha value is -3.08. The molecule has 1 aliphatic heterocycles. The lowest BCUT2D eigenvalue weighted by atomic mass is 10.1. The zero-order valence-corrected chi connectivity index (χ0v) is 14.6. The Morgan fingerprint density at radius 2 is 2.00 bits per heavy atom. The van der Waals surface area contributed by atoms with E-state index in [1.165, 1.54) is 5.56 Å². The molecule has 0 radical (unpaired) electrons. The minimum absolute atomic E-state index is 0.341. The van der Waals surface area contributed by atoms with E-state index in [1.54, 1.807) is 4.90 Å². The Kier molecular flexibility index (Phi) is 4.44. The molecule has 1 amide bonds. The number of ether oxygens (including phenoxy) is 2. The standard InChI is InChI=1S/C21H20N2O3/c1-2-25-18-8-9-19-16(13-18)12-17-14-23(21(24)26-20(17)22-19)11-10-15-6-4-3-5-7-15/h3-9,12-13H,2,10-11,14H2,1H3. The van der Waals surface area contributed by atoms with Gasteiger partial charge in [0.25, 0.3) is 0 Å². The minimum atomic E-state index is -0.341. The number of fused-ring (bicyclic) bond motifs is 2. The number of benzene rings is 2. The molecule has 0 saturated carbocycles. The van der Waals surface area contributed by atoms with E-state index in [0.29, 0.717) is 25.6 Å². The number of nitrogens with zero attached hydrogens (tertiary/aromatic N) is 2. The van der Waals surface area contributed by atoms with Crippen LogP contribution in [-0.2, 0) is 13.0 Å². The van der Waals surface area contributed by atoms with E-state index < -0.39 is 0 Å². The SMILES string of the molecule is CCOc1ccc2nc3c(cc2c1)CN(CCc1ccccc1)C(=O)O3. The van der Waals surface area contributed by atoms with Crippen LogP contribution in [0.25, 0.3) is 10.9 Å². The number of hydrogen-bond donors (Lipinski definition) is 0. The highest BCUT2D eigenvalue weighted by atomic mass is 16.6. The summed E-state index contributed by atoms with van der Waals surface area (Å²) in [6, 6.07) is 17.9. The van der Waals surface area contributed by atoms with Crippen LogP contribution in [-0.4, -0.2) is 29.1 Å². The van der Waals surface area contributed by atoms with Gasteiger partial charge in [-0.25, -0.2) is 9.78 Å². The number of carbonyl (C=O) groups is 1. The van der Waals surface area contributed by atoms with Crippen molar-refractivity contribution in [1.29, 1.82) is 0 Å². The van der Waals surface area contributed by atoms with Crippen LogP contribution in [0.3, 0.4) is 0 Å². The van der Waals surface area contributed by atoms with Gasteiger partial charge in [-0.05, 0) is 43.2 Å². The molecule has 0 bridgehead atoms. The highest BCUT2D eigenvalue weighted by molar-refractivity contribution is 5.83. The van der Waals surface area contributed by atoms with Crippen molar-refractivity contribution in [2.75, 3.05) is 13.2 Å². The number of amides is 1. The molecule has 26 heavy (non-hydrogen) atoms. The third-order valence-corrected chi connectivity index (χ3v) is 4.45. The lowest BCUT2D eigenvalue weighted by Gasteiger charge is -2.27. The number of carbonyl (C=O) groups excluding carboxylic acids is 1. The van der Waals surface area contributed by atoms with E-state index in [0.717, 1.165) is 28.6 Å². The first-order valence-corrected chi connectivity index (χ1v) is 8.80. The fourth-order valence-corrected chi connectivity index (χ4v) is 3.14. The van der Waals surface area contributed by atoms with Gasteiger partial charge < -0.3 is 14.4 Å². The van der Waals surface area contributed by atoms with Gasteiger partial charge in [-0.3, -0.25) is 0 Å². The second kappa shape index (κ2) is 7.04. The van der Waals surface area contributed by atoms with Gasteiger partial charge in [-0.15, -0.1) is 0 Å². The van der Waals surface area contributed by atoms with Crippen LogP contribution < -0.4 is 9.47 Å². The molecule has 0 spiro atoms. The second-order valence-electron chi connectivity index (χ2n) is 6.27. The van der Waals surface area contributed by atoms with Crippen molar-refractivity contribution in [3.05, 3.63) is 65.7 Å². The maximum atomic E-state index is 12.3. The maximum Gasteiger partial charge on any atom is 0.416 e. The van der Waals surface area contributed by atoms with Crippen molar-refractivity contribution in [2.24, 2.45) is 0 Å². The summed E-state index contributed by atoms with van der Waals surface area (Å²) in [4.78, 5) is 18.5. The topological polar surface area (TPSA) is 51.7 Å². The summed E-state index contributed by atoms with van der Waals surface area (Å²) < 4.78 is 11.0. The highest BCUT2D eigenvalue weighted by Gasteiger charge is 2.26. The summed E-state index contributed by atoms with van der Waals surface area (Å²) in [5, 5.41) is 0.982. The molecule has 2 aromatic carbocycles. The molecule has 1 aliphatic rings. The average molecular weight is 348 g/mol. The van der Waals surface area contributed by atoms with Gasteiger partial charge in [-0.1, -0.05) is 30.3 Å². The Morgan fingerprint density at radius 3 is 2.81 bits per heavy atom. The Balaban J connectivity index is 1.56. The van der Waals surface area contributed by atoms with E-state index in [-0.39, 0.29) is 6.09 Å². The summed E-state index contributed by atoms with van der Waals surface area (Å²) in [5.74, 6) is 1.22. The van der Waals surface area contributed by atoms with Gasteiger partial charge in [0.1, 0.15) is 5.75 Å². The first-order valence-electron chi connectivity index (χ1n) is 8.80. The molecule has 0 atom stereocenters. The predicted molar refractivity (Wildman–Crippen MR) is 99.5 cm³/mol. The van der Waals surface area contributed by atoms with Crippen LogP contribution in [0, 0.1) is 0 Å². The molecular weight excluding hydrogens is 328 g/mol. The first-order chi connectivity index (χ1) is 12.7. The van der Waals surface area contributed by atoms with Crippen molar-refractivity contribution in [3.8, 4) is 11.6 Å². The summed E-state index contributed by atoms with van der Waals surface area (Å²) >= 11 is 0. The van der Waals surface area contributed by atoms with Crippen molar-refractivity contribution < 1.29 is 14.3 Å². The molecular formula is C21H20N2O3. The lowest BCUT2D eigenvalue weighted by Crippen LogP contribution is -2.38. The highest BCUT2D eigenvalue weighted by Crippen LogP contribution is 2.29. The predicted octanol–water partition coefficient (Wildman–Crippen LogP) is 4.19. The summed E-state index contributed by atoms with van der Waals surface area (Å²) in [5.41, 5.74) is 2.90. The van der Waals surface area contributed by atoms with Crippen molar-refractivity contribution in [3.63, 3.8) is 0 Å². The number of hydrogen-bond acceptors (Lipinski definition) is 4. The van der Waals surface area contributed by atoms with Crippen molar-refractivity contribution in [2.45, 2.75) is 19.9 Å². The average Bonchev–Trinajstić information content (AvgIpc) is 2.66. The fourth-order valence-electron chi connectivity index (χ4n) is 3.14. The zero-order valence-electron chi connectivity index (χ0n) is 14.6. The molecule has 0 unspecified atom stereocenters. The summed E-state index contributed by atoms with van der Waals surface area (Å²) in [7, 11) is 0. The van der Waals surface area contributed by atoms with Gasteiger partial charge in [0.05, 0.1) is 18.7 Å². The molecule has 5 nitrogen and oxygen atoms in total. The monoisotopic (exact) mass is 348 g/mol. The summed E-state index contributed by atoms with van der Waals surface area (Å²) in [6.07, 6.45) is 0.451. The van der Waals surface area contributed by atoms with E-state index in [1.807, 2.05) is 49.4 Å². The molecule has 132 valence electrons. The van der Waals surface area contributed by atoms with E-state index in [2.05, 4.69) is 17.1 Å². The Morgan fingerprint density at radius 1 is 1.15 bits per heavy atom. The maximum absolute atomic E-state index is 12.3. The van der Waals surface area contributed by atoms with Crippen LogP contribution in [0.1, 0.15) is 18.1 Å². The smallest absolute Gasteiger partial charge is 0.416 e. The molecule has 1 aromatic heterocycles. The van der Waals surface area contributed by atoms with Gasteiger partial charge in [0.2, 0.25) is 5.88 Å². The molecule has 5 heteroatoms. The van der Waals surface area contributed by atoms with Gasteiger partial charge in [0.15, 0.2) is 0 Å². The Labute approximate surface area is 152 Å². The fraction of sp³-hybridized carbons (Fsp3) is 0.238. The Bertz CT molecular complexity index is 941. The lowest BCUT2D eigenvalue weighted by molar-refractivity contribution is 0.137. The van der Waals surface area contributed by atoms with Gasteiger partial charge in [-0.2, -0.15) is 0 Å². The molecule has 0 fully saturated rings. The van der Waals surface area contributed by atoms with E-state index >= 15 is 0 Å². The summed E-state index contributed by atoms with van der Waals surface area (Å²) in [6.45, 7) is 3.69. The number of rotatable bonds is 5. The van der Waals surface area contributed by atoms with Crippen molar-refractivity contribution >= 4 is 17.0 Å².